The number of nitrogens with zero attached hydrogens (tertiary/aromatic N) is 1. The molecule has 0 bridgehead atoms. The molecule has 1 N–H and O–H groups in total. The van der Waals surface area contributed by atoms with Gasteiger partial charge < -0.3 is 10.1 Å². The minimum Gasteiger partial charge on any atom is -0.495 e. The second kappa shape index (κ2) is 9.51. The van der Waals surface area contributed by atoms with Crippen molar-refractivity contribution in [3.63, 3.8) is 0 Å². The first kappa shape index (κ1) is 22.0. The van der Waals surface area contributed by atoms with E-state index in [2.05, 4.69) is 5.32 Å². The summed E-state index contributed by atoms with van der Waals surface area (Å²) in [5.41, 5.74) is 2.48. The van der Waals surface area contributed by atoms with Gasteiger partial charge in [0.1, 0.15) is 16.4 Å². The number of imide groups is 1. The number of thioether (sulfide) groups is 1. The highest BCUT2D eigenvalue weighted by Crippen LogP contribution is 2.40. The predicted molar refractivity (Wildman–Crippen MR) is 129 cm³/mol. The number of carbonyl (C=O) groups excluding carboxylic acids is 2. The van der Waals surface area contributed by atoms with E-state index in [4.69, 9.17) is 16.3 Å². The van der Waals surface area contributed by atoms with Gasteiger partial charge in [0.05, 0.1) is 12.8 Å². The predicted octanol–water partition coefficient (Wildman–Crippen LogP) is 5.90. The topological polar surface area (TPSA) is 58.6 Å². The Balaban J connectivity index is 1.79. The van der Waals surface area contributed by atoms with Crippen LogP contribution in [0, 0.1) is 0 Å². The summed E-state index contributed by atoms with van der Waals surface area (Å²) in [7, 11) is 1.51. The molecule has 0 saturated heterocycles. The smallest absolute Gasteiger partial charge is 0.283 e. The third-order valence-electron chi connectivity index (χ3n) is 5.06. The van der Waals surface area contributed by atoms with Crippen LogP contribution in [-0.4, -0.2) is 18.9 Å². The number of para-hydroxylation sites is 3. The van der Waals surface area contributed by atoms with E-state index >= 15 is 0 Å². The molecule has 5 nitrogen and oxygen atoms in total. The number of rotatable bonds is 7. The third-order valence-corrected chi connectivity index (χ3v) is 6.40. The highest BCUT2D eigenvalue weighted by atomic mass is 35.5. The Hall–Kier alpha value is -3.22. The number of halogens is 1. The number of anilines is 2. The zero-order chi connectivity index (χ0) is 22.7. The maximum atomic E-state index is 13.5. The number of hydrogen-bond acceptors (Lipinski definition) is 5. The molecule has 0 unspecified atom stereocenters. The summed E-state index contributed by atoms with van der Waals surface area (Å²) in [6.07, 6.45) is 0.786. The van der Waals surface area contributed by atoms with Crippen LogP contribution in [0.2, 0.25) is 5.02 Å². The van der Waals surface area contributed by atoms with E-state index in [1.807, 2.05) is 43.3 Å². The molecule has 0 aliphatic carbocycles. The SMILES string of the molecule is CCc1ccccc1NC1=C(Sc2ccc(Cl)cc2)C(=O)N(c2ccccc2OC)C1=O. The standard InChI is InChI=1S/C25H21ClN2O3S/c1-3-16-8-4-5-9-19(16)27-22-23(32-18-14-12-17(26)13-15-18)25(30)28(24(22)29)20-10-6-7-11-21(20)31-2/h4-15,27H,3H2,1-2H3. The van der Waals surface area contributed by atoms with Gasteiger partial charge in [-0.05, 0) is 54.4 Å². The van der Waals surface area contributed by atoms with Gasteiger partial charge in [-0.3, -0.25) is 9.59 Å². The molecular formula is C25H21ClN2O3S. The number of amides is 2. The number of carbonyl (C=O) groups is 2. The summed E-state index contributed by atoms with van der Waals surface area (Å²) >= 11 is 7.24. The molecule has 0 fully saturated rings. The molecule has 0 spiro atoms. The summed E-state index contributed by atoms with van der Waals surface area (Å²) in [5.74, 6) is -0.391. The molecule has 0 aromatic heterocycles. The van der Waals surface area contributed by atoms with Crippen molar-refractivity contribution in [2.45, 2.75) is 18.2 Å². The zero-order valence-electron chi connectivity index (χ0n) is 17.6. The number of hydrogen-bond donors (Lipinski definition) is 1. The lowest BCUT2D eigenvalue weighted by Gasteiger charge is -2.18. The van der Waals surface area contributed by atoms with Crippen molar-refractivity contribution in [3.8, 4) is 5.75 Å². The highest BCUT2D eigenvalue weighted by Gasteiger charge is 2.41. The molecule has 1 aliphatic rings. The van der Waals surface area contributed by atoms with Gasteiger partial charge in [-0.15, -0.1) is 0 Å². The Morgan fingerprint density at radius 2 is 1.62 bits per heavy atom. The fourth-order valence-corrected chi connectivity index (χ4v) is 4.51. The fraction of sp³-hybridized carbons (Fsp3) is 0.120. The van der Waals surface area contributed by atoms with Crippen LogP contribution >= 0.6 is 23.4 Å². The maximum Gasteiger partial charge on any atom is 0.283 e. The zero-order valence-corrected chi connectivity index (χ0v) is 19.2. The van der Waals surface area contributed by atoms with Crippen LogP contribution in [0.25, 0.3) is 0 Å². The van der Waals surface area contributed by atoms with E-state index < -0.39 is 11.8 Å². The first-order valence-corrected chi connectivity index (χ1v) is 11.3. The van der Waals surface area contributed by atoms with Gasteiger partial charge in [0.25, 0.3) is 11.8 Å². The van der Waals surface area contributed by atoms with Crippen LogP contribution < -0.4 is 15.0 Å². The Kier molecular flexibility index (Phi) is 6.53. The molecule has 3 aromatic carbocycles. The second-order valence-corrected chi connectivity index (χ2v) is 8.53. The molecule has 0 radical (unpaired) electrons. The largest absolute Gasteiger partial charge is 0.495 e. The number of benzene rings is 3. The van der Waals surface area contributed by atoms with Crippen molar-refractivity contribution in [3.05, 3.63) is 94.0 Å². The fourth-order valence-electron chi connectivity index (χ4n) is 3.45. The molecule has 0 atom stereocenters. The van der Waals surface area contributed by atoms with Crippen LogP contribution in [0.4, 0.5) is 11.4 Å². The Morgan fingerprint density at radius 1 is 0.938 bits per heavy atom. The summed E-state index contributed by atoms with van der Waals surface area (Å²) < 4.78 is 5.40. The molecule has 32 heavy (non-hydrogen) atoms. The quantitative estimate of drug-likeness (QED) is 0.441. The maximum absolute atomic E-state index is 13.5. The van der Waals surface area contributed by atoms with Gasteiger partial charge in [-0.1, -0.05) is 60.6 Å². The van der Waals surface area contributed by atoms with Crippen molar-refractivity contribution in [2.75, 3.05) is 17.3 Å². The number of methoxy groups -OCH3 is 1. The van der Waals surface area contributed by atoms with E-state index in [1.54, 1.807) is 36.4 Å². The van der Waals surface area contributed by atoms with Gasteiger partial charge in [-0.25, -0.2) is 4.90 Å². The Bertz CT molecular complexity index is 1210. The van der Waals surface area contributed by atoms with E-state index in [-0.39, 0.29) is 5.70 Å². The van der Waals surface area contributed by atoms with Crippen LogP contribution in [0.15, 0.2) is 88.3 Å². The van der Waals surface area contributed by atoms with E-state index in [0.29, 0.717) is 21.4 Å². The van der Waals surface area contributed by atoms with Gasteiger partial charge in [-0.2, -0.15) is 0 Å². The van der Waals surface area contributed by atoms with Crippen molar-refractivity contribution in [2.24, 2.45) is 0 Å². The highest BCUT2D eigenvalue weighted by molar-refractivity contribution is 8.04. The number of nitrogens with one attached hydrogen (secondary N) is 1. The molecular weight excluding hydrogens is 444 g/mol. The van der Waals surface area contributed by atoms with Gasteiger partial charge >= 0.3 is 0 Å². The number of ether oxygens (including phenoxy) is 1. The average Bonchev–Trinajstić information content (AvgIpc) is 3.04. The molecule has 1 aliphatic heterocycles. The average molecular weight is 465 g/mol. The van der Waals surface area contributed by atoms with E-state index in [9.17, 15) is 9.59 Å². The first-order valence-electron chi connectivity index (χ1n) is 10.1. The monoisotopic (exact) mass is 464 g/mol. The van der Waals surface area contributed by atoms with Crippen molar-refractivity contribution in [1.29, 1.82) is 0 Å². The third kappa shape index (κ3) is 4.24. The summed E-state index contributed by atoms with van der Waals surface area (Å²) in [6, 6.07) is 21.9. The normalized spacial score (nSPS) is 13.7. The lowest BCUT2D eigenvalue weighted by Crippen LogP contribution is -2.32. The van der Waals surface area contributed by atoms with Crippen molar-refractivity contribution >= 4 is 46.6 Å². The first-order chi connectivity index (χ1) is 15.5. The van der Waals surface area contributed by atoms with Crippen LogP contribution in [0.5, 0.6) is 5.75 Å². The minimum atomic E-state index is -0.429. The molecule has 4 rings (SSSR count). The summed E-state index contributed by atoms with van der Waals surface area (Å²) in [5, 5.41) is 3.84. The Morgan fingerprint density at radius 3 is 2.34 bits per heavy atom. The molecule has 7 heteroatoms. The second-order valence-electron chi connectivity index (χ2n) is 7.01. The molecule has 162 valence electrons. The van der Waals surface area contributed by atoms with Crippen LogP contribution in [0.3, 0.4) is 0 Å². The summed E-state index contributed by atoms with van der Waals surface area (Å²) in [6.45, 7) is 2.04. The lowest BCUT2D eigenvalue weighted by molar-refractivity contribution is -0.120. The van der Waals surface area contributed by atoms with Crippen molar-refractivity contribution < 1.29 is 14.3 Å². The molecule has 0 saturated carbocycles. The minimum absolute atomic E-state index is 0.238. The van der Waals surface area contributed by atoms with Gasteiger partial charge in [0, 0.05) is 15.6 Å². The lowest BCUT2D eigenvalue weighted by atomic mass is 10.1. The van der Waals surface area contributed by atoms with Crippen molar-refractivity contribution in [1.82, 2.24) is 0 Å². The number of aryl methyl sites for hydroxylation is 1. The molecule has 3 aromatic rings. The van der Waals surface area contributed by atoms with Crippen LogP contribution in [0.1, 0.15) is 12.5 Å². The van der Waals surface area contributed by atoms with E-state index in [1.165, 1.54) is 18.9 Å². The van der Waals surface area contributed by atoms with Crippen LogP contribution in [-0.2, 0) is 16.0 Å². The Labute approximate surface area is 196 Å². The molecule has 1 heterocycles. The van der Waals surface area contributed by atoms with Gasteiger partial charge in [0.15, 0.2) is 0 Å². The van der Waals surface area contributed by atoms with E-state index in [0.717, 1.165) is 27.5 Å². The summed E-state index contributed by atoms with van der Waals surface area (Å²) in [4.78, 5) is 29.3. The molecule has 2 amide bonds. The van der Waals surface area contributed by atoms with Gasteiger partial charge in [0.2, 0.25) is 0 Å².